The summed E-state index contributed by atoms with van der Waals surface area (Å²) in [6.45, 7) is 10.8. The fourth-order valence-electron chi connectivity index (χ4n) is 4.51. The number of rotatable bonds is 5. The van der Waals surface area contributed by atoms with Gasteiger partial charge in [0.1, 0.15) is 29.7 Å². The average molecular weight is 466 g/mol. The van der Waals surface area contributed by atoms with E-state index in [-0.39, 0.29) is 17.6 Å². The van der Waals surface area contributed by atoms with Crippen LogP contribution in [0.4, 0.5) is 5.82 Å². The van der Waals surface area contributed by atoms with Gasteiger partial charge in [0.15, 0.2) is 5.65 Å². The molecule has 2 N–H and O–H groups in total. The number of nitrogen functional groups attached to an aromatic ring is 1. The number of benzene rings is 3. The predicted octanol–water partition coefficient (Wildman–Crippen LogP) is 6.98. The van der Waals surface area contributed by atoms with Gasteiger partial charge in [-0.15, -0.1) is 0 Å². The number of anilines is 1. The van der Waals surface area contributed by atoms with Gasteiger partial charge in [-0.1, -0.05) is 69.3 Å². The van der Waals surface area contributed by atoms with Crippen LogP contribution in [0.3, 0.4) is 0 Å². The van der Waals surface area contributed by atoms with Crippen LogP contribution in [-0.2, 0) is 0 Å². The second-order valence-electron chi connectivity index (χ2n) is 10.3. The Morgan fingerprint density at radius 1 is 0.886 bits per heavy atom. The third-order valence-corrected chi connectivity index (χ3v) is 6.24. The van der Waals surface area contributed by atoms with E-state index in [1.54, 1.807) is 0 Å². The number of ether oxygens (including phenoxy) is 1. The summed E-state index contributed by atoms with van der Waals surface area (Å²) in [5, 5.41) is 7.84. The van der Waals surface area contributed by atoms with Gasteiger partial charge in [0, 0.05) is 17.0 Å². The minimum atomic E-state index is -0.0604. The van der Waals surface area contributed by atoms with E-state index in [1.807, 2.05) is 16.8 Å². The smallest absolute Gasteiger partial charge is 0.164 e. The van der Waals surface area contributed by atoms with Crippen LogP contribution in [0.2, 0.25) is 0 Å². The van der Waals surface area contributed by atoms with Crippen LogP contribution < -0.4 is 10.5 Å². The van der Waals surface area contributed by atoms with E-state index in [1.165, 1.54) is 11.9 Å². The average Bonchev–Trinajstić information content (AvgIpc) is 3.23. The second kappa shape index (κ2) is 8.69. The van der Waals surface area contributed by atoms with E-state index in [4.69, 9.17) is 15.6 Å². The van der Waals surface area contributed by atoms with Crippen molar-refractivity contribution in [3.8, 4) is 17.0 Å². The van der Waals surface area contributed by atoms with Crippen LogP contribution in [-0.4, -0.2) is 19.7 Å². The Morgan fingerprint density at radius 2 is 1.60 bits per heavy atom. The van der Waals surface area contributed by atoms with Crippen molar-refractivity contribution in [2.45, 2.75) is 46.8 Å². The highest BCUT2D eigenvalue weighted by Crippen LogP contribution is 2.38. The van der Waals surface area contributed by atoms with Gasteiger partial charge in [-0.3, -0.25) is 0 Å². The number of hydrogen-bond donors (Lipinski definition) is 1. The molecule has 6 nitrogen and oxygen atoms in total. The number of hydrogen-bond acceptors (Lipinski definition) is 5. The van der Waals surface area contributed by atoms with Crippen LogP contribution in [0.15, 0.2) is 73.1 Å². The third-order valence-electron chi connectivity index (χ3n) is 6.24. The summed E-state index contributed by atoms with van der Waals surface area (Å²) in [6.07, 6.45) is 1.43. The number of nitrogens with two attached hydrogens (primary N) is 1. The van der Waals surface area contributed by atoms with Crippen molar-refractivity contribution in [2.24, 2.45) is 5.41 Å². The highest BCUT2D eigenvalue weighted by atomic mass is 16.5. The molecule has 1 unspecified atom stereocenters. The molecule has 1 atom stereocenters. The highest BCUT2D eigenvalue weighted by Gasteiger charge is 2.28. The molecule has 0 aliphatic carbocycles. The Bertz CT molecular complexity index is 1500. The molecule has 0 fully saturated rings. The standard InChI is InChI=1S/C29H31N5O/c1-18(2)34-28-24(27(30)31-17-32-28)25(33-34)22-12-11-21-16-23(14-13-20(21)15-22)35-26(29(3,4)5)19-9-7-6-8-10-19/h6-18,26H,1-5H3,(H2,30,31,32). The van der Waals surface area contributed by atoms with Crippen LogP contribution in [0.1, 0.15) is 52.3 Å². The van der Waals surface area contributed by atoms with Gasteiger partial charge in [-0.25, -0.2) is 14.6 Å². The maximum atomic E-state index is 6.54. The third kappa shape index (κ3) is 4.32. The van der Waals surface area contributed by atoms with Gasteiger partial charge >= 0.3 is 0 Å². The molecule has 0 amide bonds. The molecule has 2 heterocycles. The maximum Gasteiger partial charge on any atom is 0.164 e. The first-order valence-electron chi connectivity index (χ1n) is 12.0. The minimum Gasteiger partial charge on any atom is -0.485 e. The molecule has 0 bridgehead atoms. The summed E-state index contributed by atoms with van der Waals surface area (Å²) < 4.78 is 8.45. The van der Waals surface area contributed by atoms with E-state index in [0.29, 0.717) is 5.82 Å². The Hall–Kier alpha value is -3.93. The zero-order chi connectivity index (χ0) is 24.7. The summed E-state index contributed by atoms with van der Waals surface area (Å²) in [5.74, 6) is 1.29. The molecule has 0 saturated heterocycles. The van der Waals surface area contributed by atoms with Crippen molar-refractivity contribution in [3.05, 3.63) is 78.6 Å². The largest absolute Gasteiger partial charge is 0.485 e. The van der Waals surface area contributed by atoms with E-state index >= 15 is 0 Å². The van der Waals surface area contributed by atoms with Crippen LogP contribution in [0.25, 0.3) is 33.1 Å². The Balaban J connectivity index is 1.53. The first-order chi connectivity index (χ1) is 16.7. The van der Waals surface area contributed by atoms with Gasteiger partial charge in [-0.05, 0) is 48.4 Å². The van der Waals surface area contributed by atoms with Gasteiger partial charge in [-0.2, -0.15) is 5.10 Å². The quantitative estimate of drug-likeness (QED) is 0.303. The first-order valence-corrected chi connectivity index (χ1v) is 12.0. The van der Waals surface area contributed by atoms with Crippen LogP contribution >= 0.6 is 0 Å². The van der Waals surface area contributed by atoms with Crippen LogP contribution in [0, 0.1) is 5.41 Å². The molecule has 0 aliphatic heterocycles. The van der Waals surface area contributed by atoms with Crippen molar-refractivity contribution >= 4 is 27.6 Å². The summed E-state index contributed by atoms with van der Waals surface area (Å²) in [6, 6.07) is 23.1. The van der Waals surface area contributed by atoms with Crippen molar-refractivity contribution in [1.82, 2.24) is 19.7 Å². The lowest BCUT2D eigenvalue weighted by molar-refractivity contribution is 0.0870. The molecule has 0 spiro atoms. The number of aromatic nitrogens is 4. The van der Waals surface area contributed by atoms with Gasteiger partial charge in [0.25, 0.3) is 0 Å². The number of nitrogens with zero attached hydrogens (tertiary/aromatic N) is 4. The Morgan fingerprint density at radius 3 is 2.31 bits per heavy atom. The Labute approximate surface area is 205 Å². The van der Waals surface area contributed by atoms with E-state index in [2.05, 4.69) is 99.2 Å². The van der Waals surface area contributed by atoms with Crippen molar-refractivity contribution < 1.29 is 4.74 Å². The SMILES string of the molecule is CC(C)n1nc(-c2ccc3cc(OC(c4ccccc4)C(C)(C)C)ccc3c2)c2c(N)ncnc21. The topological polar surface area (TPSA) is 78.9 Å². The fraction of sp³-hybridized carbons (Fsp3) is 0.276. The van der Waals surface area contributed by atoms with Crippen molar-refractivity contribution in [2.75, 3.05) is 5.73 Å². The molecule has 0 saturated carbocycles. The molecule has 0 radical (unpaired) electrons. The van der Waals surface area contributed by atoms with E-state index in [0.717, 1.165) is 38.8 Å². The molecule has 6 heteroatoms. The zero-order valence-corrected chi connectivity index (χ0v) is 20.9. The molecule has 5 rings (SSSR count). The van der Waals surface area contributed by atoms with Gasteiger partial charge in [0.05, 0.1) is 5.39 Å². The van der Waals surface area contributed by atoms with Crippen molar-refractivity contribution in [1.29, 1.82) is 0 Å². The molecule has 2 aromatic heterocycles. The van der Waals surface area contributed by atoms with Gasteiger partial charge in [0.2, 0.25) is 0 Å². The summed E-state index contributed by atoms with van der Waals surface area (Å²) in [7, 11) is 0. The minimum absolute atomic E-state index is 0.0571. The highest BCUT2D eigenvalue weighted by molar-refractivity contribution is 6.00. The van der Waals surface area contributed by atoms with E-state index < -0.39 is 0 Å². The summed E-state index contributed by atoms with van der Waals surface area (Å²) >= 11 is 0. The Kier molecular flexibility index (Phi) is 5.67. The number of fused-ring (bicyclic) bond motifs is 2. The summed E-state index contributed by atoms with van der Waals surface area (Å²) in [5.41, 5.74) is 9.89. The normalized spacial score (nSPS) is 13.0. The van der Waals surface area contributed by atoms with Crippen molar-refractivity contribution in [3.63, 3.8) is 0 Å². The lowest BCUT2D eigenvalue weighted by Crippen LogP contribution is -2.23. The molecule has 3 aromatic carbocycles. The second-order valence-corrected chi connectivity index (χ2v) is 10.3. The first kappa shape index (κ1) is 22.8. The molecule has 35 heavy (non-hydrogen) atoms. The molecule has 0 aliphatic rings. The lowest BCUT2D eigenvalue weighted by atomic mass is 9.84. The molecular formula is C29H31N5O. The predicted molar refractivity (Wildman–Crippen MR) is 142 cm³/mol. The van der Waals surface area contributed by atoms with Crippen LogP contribution in [0.5, 0.6) is 5.75 Å². The summed E-state index contributed by atoms with van der Waals surface area (Å²) in [4.78, 5) is 8.66. The monoisotopic (exact) mass is 465 g/mol. The fourth-order valence-corrected chi connectivity index (χ4v) is 4.51. The van der Waals surface area contributed by atoms with E-state index in [9.17, 15) is 0 Å². The molecule has 5 aromatic rings. The lowest BCUT2D eigenvalue weighted by Gasteiger charge is -2.31. The maximum absolute atomic E-state index is 6.54. The molecular weight excluding hydrogens is 434 g/mol. The van der Waals surface area contributed by atoms with Gasteiger partial charge < -0.3 is 10.5 Å². The zero-order valence-electron chi connectivity index (χ0n) is 20.9. The molecule has 178 valence electrons.